The van der Waals surface area contributed by atoms with Gasteiger partial charge in [0.25, 0.3) is 0 Å². The van der Waals surface area contributed by atoms with Crippen molar-refractivity contribution in [2.45, 2.75) is 111 Å². The molecule has 8 heteroatoms. The van der Waals surface area contributed by atoms with E-state index in [1.807, 2.05) is 27.7 Å². The van der Waals surface area contributed by atoms with Crippen LogP contribution in [0.15, 0.2) is 24.3 Å². The SMILES string of the molecule is CCCCCCCN(C(=O)C(NC(=O)OC(C)(C)C)C(C)C)C(C(=O)NC(C)C)c1cccc(O)c1. The summed E-state index contributed by atoms with van der Waals surface area (Å²) < 4.78 is 5.40. The molecule has 8 nitrogen and oxygen atoms in total. The third-order valence-electron chi connectivity index (χ3n) is 5.57. The predicted octanol–water partition coefficient (Wildman–Crippen LogP) is 5.31. The highest BCUT2D eigenvalue weighted by atomic mass is 16.6. The van der Waals surface area contributed by atoms with Crippen molar-refractivity contribution < 1.29 is 24.2 Å². The van der Waals surface area contributed by atoms with Gasteiger partial charge in [0.05, 0.1) is 0 Å². The maximum atomic E-state index is 14.0. The number of carbonyl (C=O) groups excluding carboxylic acids is 3. The number of rotatable bonds is 13. The molecule has 0 heterocycles. The fourth-order valence-corrected chi connectivity index (χ4v) is 3.91. The van der Waals surface area contributed by atoms with Crippen molar-refractivity contribution in [3.63, 3.8) is 0 Å². The maximum absolute atomic E-state index is 14.0. The Kier molecular flexibility index (Phi) is 12.8. The summed E-state index contributed by atoms with van der Waals surface area (Å²) in [5, 5.41) is 15.8. The van der Waals surface area contributed by atoms with Gasteiger partial charge in [-0.3, -0.25) is 9.59 Å². The zero-order valence-corrected chi connectivity index (χ0v) is 23.4. The van der Waals surface area contributed by atoms with Gasteiger partial charge in [-0.2, -0.15) is 0 Å². The van der Waals surface area contributed by atoms with E-state index < -0.39 is 23.8 Å². The number of carbonyl (C=O) groups is 3. The first-order valence-corrected chi connectivity index (χ1v) is 13.2. The maximum Gasteiger partial charge on any atom is 0.408 e. The smallest absolute Gasteiger partial charge is 0.408 e. The molecular formula is C28H47N3O5. The van der Waals surface area contributed by atoms with Crippen LogP contribution in [-0.2, 0) is 14.3 Å². The summed E-state index contributed by atoms with van der Waals surface area (Å²) in [5.41, 5.74) is -0.204. The topological polar surface area (TPSA) is 108 Å². The normalized spacial score (nSPS) is 13.3. The number of nitrogens with zero attached hydrogens (tertiary/aromatic N) is 1. The fourth-order valence-electron chi connectivity index (χ4n) is 3.91. The van der Waals surface area contributed by atoms with Crippen LogP contribution < -0.4 is 10.6 Å². The van der Waals surface area contributed by atoms with Crippen LogP contribution in [0.3, 0.4) is 0 Å². The molecule has 1 aromatic rings. The molecule has 2 atom stereocenters. The van der Waals surface area contributed by atoms with Gasteiger partial charge in [-0.1, -0.05) is 58.6 Å². The molecule has 36 heavy (non-hydrogen) atoms. The first kappa shape index (κ1) is 31.3. The van der Waals surface area contributed by atoms with E-state index in [1.165, 1.54) is 12.1 Å². The van der Waals surface area contributed by atoms with Crippen LogP contribution in [0.2, 0.25) is 0 Å². The summed E-state index contributed by atoms with van der Waals surface area (Å²) >= 11 is 0. The number of aromatic hydroxyl groups is 1. The van der Waals surface area contributed by atoms with Gasteiger partial charge in [-0.05, 0) is 64.7 Å². The van der Waals surface area contributed by atoms with Crippen molar-refractivity contribution >= 4 is 17.9 Å². The van der Waals surface area contributed by atoms with Crippen molar-refractivity contribution in [3.05, 3.63) is 29.8 Å². The number of ether oxygens (including phenoxy) is 1. The molecule has 0 aromatic heterocycles. The zero-order chi connectivity index (χ0) is 27.5. The number of benzene rings is 1. The molecule has 0 aliphatic carbocycles. The van der Waals surface area contributed by atoms with Gasteiger partial charge in [0.15, 0.2) is 0 Å². The van der Waals surface area contributed by atoms with Crippen molar-refractivity contribution in [1.82, 2.24) is 15.5 Å². The van der Waals surface area contributed by atoms with E-state index >= 15 is 0 Å². The van der Waals surface area contributed by atoms with Crippen LogP contribution in [0.25, 0.3) is 0 Å². The van der Waals surface area contributed by atoms with E-state index in [2.05, 4.69) is 17.6 Å². The largest absolute Gasteiger partial charge is 0.508 e. The summed E-state index contributed by atoms with van der Waals surface area (Å²) in [6.07, 6.45) is 4.19. The Morgan fingerprint density at radius 1 is 1.00 bits per heavy atom. The summed E-state index contributed by atoms with van der Waals surface area (Å²) in [4.78, 5) is 41.6. The third kappa shape index (κ3) is 10.9. The van der Waals surface area contributed by atoms with Crippen molar-refractivity contribution in [2.24, 2.45) is 5.92 Å². The van der Waals surface area contributed by atoms with E-state index in [4.69, 9.17) is 4.74 Å². The van der Waals surface area contributed by atoms with Crippen LogP contribution in [-0.4, -0.2) is 52.1 Å². The summed E-state index contributed by atoms with van der Waals surface area (Å²) in [5.74, 6) is -0.932. The number of hydrogen-bond donors (Lipinski definition) is 3. The molecule has 0 fully saturated rings. The predicted molar refractivity (Wildman–Crippen MR) is 143 cm³/mol. The quantitative estimate of drug-likeness (QED) is 0.315. The van der Waals surface area contributed by atoms with E-state index in [1.54, 1.807) is 37.8 Å². The molecule has 0 saturated carbocycles. The highest BCUT2D eigenvalue weighted by Crippen LogP contribution is 2.27. The van der Waals surface area contributed by atoms with Gasteiger partial charge >= 0.3 is 6.09 Å². The average molecular weight is 506 g/mol. The minimum atomic E-state index is -0.958. The molecule has 1 aromatic carbocycles. The monoisotopic (exact) mass is 505 g/mol. The van der Waals surface area contributed by atoms with Crippen molar-refractivity contribution in [2.75, 3.05) is 6.54 Å². The Balaban J connectivity index is 3.41. The fraction of sp³-hybridized carbons (Fsp3) is 0.679. The first-order chi connectivity index (χ1) is 16.8. The molecule has 0 radical (unpaired) electrons. The summed E-state index contributed by atoms with van der Waals surface area (Å²) in [6.45, 7) is 15.2. The molecule has 0 aliphatic rings. The number of nitrogens with one attached hydrogen (secondary N) is 2. The zero-order valence-electron chi connectivity index (χ0n) is 23.4. The van der Waals surface area contributed by atoms with Gasteiger partial charge in [-0.15, -0.1) is 0 Å². The van der Waals surface area contributed by atoms with E-state index in [-0.39, 0.29) is 29.5 Å². The lowest BCUT2D eigenvalue weighted by molar-refractivity contribution is -0.143. The number of alkyl carbamates (subject to hydrolysis) is 1. The number of phenolic OH excluding ortho intramolecular Hbond substituents is 1. The lowest BCUT2D eigenvalue weighted by Crippen LogP contribution is -2.55. The number of hydrogen-bond acceptors (Lipinski definition) is 5. The van der Waals surface area contributed by atoms with E-state index in [9.17, 15) is 19.5 Å². The molecular weight excluding hydrogens is 458 g/mol. The Hall–Kier alpha value is -2.77. The molecule has 0 bridgehead atoms. The van der Waals surface area contributed by atoms with Gasteiger partial charge in [0.1, 0.15) is 23.4 Å². The summed E-state index contributed by atoms with van der Waals surface area (Å²) in [7, 11) is 0. The van der Waals surface area contributed by atoms with Gasteiger partial charge < -0.3 is 25.4 Å². The summed E-state index contributed by atoms with van der Waals surface area (Å²) in [6, 6.07) is 4.43. The average Bonchev–Trinajstić information content (AvgIpc) is 2.74. The number of unbranched alkanes of at least 4 members (excludes halogenated alkanes) is 4. The second-order valence-corrected chi connectivity index (χ2v) is 11.0. The second-order valence-electron chi connectivity index (χ2n) is 11.0. The highest BCUT2D eigenvalue weighted by molar-refractivity contribution is 5.92. The molecule has 2 unspecified atom stereocenters. The highest BCUT2D eigenvalue weighted by Gasteiger charge is 2.37. The molecule has 3 amide bonds. The Morgan fingerprint density at radius 3 is 2.17 bits per heavy atom. The standard InChI is InChI=1S/C28H47N3O5/c1-9-10-11-12-13-17-31(26(34)23(19(2)3)30-27(35)36-28(6,7)8)24(25(33)29-20(4)5)21-15-14-16-22(32)18-21/h14-16,18-20,23-24,32H,9-13,17H2,1-8H3,(H,29,33)(H,30,35). The first-order valence-electron chi connectivity index (χ1n) is 13.2. The van der Waals surface area contributed by atoms with Crippen LogP contribution >= 0.6 is 0 Å². The lowest BCUT2D eigenvalue weighted by Gasteiger charge is -2.36. The van der Waals surface area contributed by atoms with Gasteiger partial charge in [0.2, 0.25) is 11.8 Å². The number of phenols is 1. The Morgan fingerprint density at radius 2 is 1.64 bits per heavy atom. The van der Waals surface area contributed by atoms with E-state index in [0.29, 0.717) is 18.5 Å². The molecule has 1 rings (SSSR count). The molecule has 3 N–H and O–H groups in total. The minimum absolute atomic E-state index is 0.0116. The van der Waals surface area contributed by atoms with Crippen molar-refractivity contribution in [1.29, 1.82) is 0 Å². The van der Waals surface area contributed by atoms with Gasteiger partial charge in [-0.25, -0.2) is 4.79 Å². The minimum Gasteiger partial charge on any atom is -0.508 e. The Bertz CT molecular complexity index is 848. The van der Waals surface area contributed by atoms with Crippen molar-refractivity contribution in [3.8, 4) is 5.75 Å². The van der Waals surface area contributed by atoms with Crippen LogP contribution in [0, 0.1) is 5.92 Å². The van der Waals surface area contributed by atoms with Gasteiger partial charge in [0, 0.05) is 12.6 Å². The van der Waals surface area contributed by atoms with Crippen LogP contribution in [0.4, 0.5) is 4.79 Å². The Labute approximate surface area is 217 Å². The molecule has 204 valence electrons. The van der Waals surface area contributed by atoms with Crippen LogP contribution in [0.5, 0.6) is 5.75 Å². The molecule has 0 spiro atoms. The van der Waals surface area contributed by atoms with Crippen LogP contribution in [0.1, 0.15) is 99.1 Å². The second kappa shape index (κ2) is 14.7. The molecule has 0 saturated heterocycles. The number of amides is 3. The molecule has 0 aliphatic heterocycles. The third-order valence-corrected chi connectivity index (χ3v) is 5.57. The lowest BCUT2D eigenvalue weighted by atomic mass is 9.98. The van der Waals surface area contributed by atoms with E-state index in [0.717, 1.165) is 25.7 Å².